The van der Waals surface area contributed by atoms with Gasteiger partial charge in [0.05, 0.1) is 31.8 Å². The van der Waals surface area contributed by atoms with Crippen LogP contribution in [0.1, 0.15) is 26.2 Å². The van der Waals surface area contributed by atoms with E-state index in [0.717, 1.165) is 0 Å². The zero-order valence-electron chi connectivity index (χ0n) is 21.5. The standard InChI is InChI=1S/C26H32Cl2N2O7S/c1-16(31)21-15-29(9-10-37-19-7-8-24(35-2)25(14-19)36-3)26(32)23-6-4-5-22(21)30(23)38(33,34)20-12-17(27)11-18(28)13-20/h7-8,11-14,16,21-23,31H,4-6,9-10,15H2,1-3H3/t16-,21+,22-,23?/m0/s1. The number of hydrogen-bond donors (Lipinski definition) is 1. The van der Waals surface area contributed by atoms with E-state index in [-0.39, 0.29) is 40.5 Å². The quantitative estimate of drug-likeness (QED) is 0.476. The Hall–Kier alpha value is -2.24. The van der Waals surface area contributed by atoms with Crippen LogP contribution in [0, 0.1) is 5.92 Å². The summed E-state index contributed by atoms with van der Waals surface area (Å²) in [5, 5.41) is 11.1. The van der Waals surface area contributed by atoms with Crippen LogP contribution in [-0.2, 0) is 14.8 Å². The predicted molar refractivity (Wildman–Crippen MR) is 144 cm³/mol. The fourth-order valence-corrected chi connectivity index (χ4v) is 7.92. The topological polar surface area (TPSA) is 106 Å². The second-order valence-corrected chi connectivity index (χ2v) is 12.2. The van der Waals surface area contributed by atoms with Crippen molar-refractivity contribution in [1.29, 1.82) is 0 Å². The number of ether oxygens (including phenoxy) is 3. The highest BCUT2D eigenvalue weighted by Crippen LogP contribution is 2.39. The highest BCUT2D eigenvalue weighted by molar-refractivity contribution is 7.89. The van der Waals surface area contributed by atoms with E-state index in [0.29, 0.717) is 36.5 Å². The van der Waals surface area contributed by atoms with Gasteiger partial charge in [-0.3, -0.25) is 4.79 Å². The molecule has 0 aliphatic carbocycles. The summed E-state index contributed by atoms with van der Waals surface area (Å²) >= 11 is 12.2. The molecule has 2 aliphatic rings. The molecule has 9 nitrogen and oxygen atoms in total. The molecule has 0 saturated carbocycles. The number of sulfonamides is 1. The lowest BCUT2D eigenvalue weighted by Gasteiger charge is -2.41. The molecule has 1 N–H and O–H groups in total. The lowest BCUT2D eigenvalue weighted by atomic mass is 9.87. The van der Waals surface area contributed by atoms with Crippen molar-refractivity contribution in [1.82, 2.24) is 9.21 Å². The molecule has 2 saturated heterocycles. The summed E-state index contributed by atoms with van der Waals surface area (Å²) in [6.07, 6.45) is 0.730. The molecular weight excluding hydrogens is 555 g/mol. The minimum Gasteiger partial charge on any atom is -0.493 e. The Kier molecular flexibility index (Phi) is 8.99. The van der Waals surface area contributed by atoms with Gasteiger partial charge in [0.25, 0.3) is 0 Å². The van der Waals surface area contributed by atoms with E-state index < -0.39 is 34.1 Å². The molecule has 2 bridgehead atoms. The van der Waals surface area contributed by atoms with Crippen molar-refractivity contribution in [3.8, 4) is 17.2 Å². The zero-order chi connectivity index (χ0) is 27.6. The Morgan fingerprint density at radius 3 is 2.37 bits per heavy atom. The molecule has 0 aromatic heterocycles. The summed E-state index contributed by atoms with van der Waals surface area (Å²) in [5.74, 6) is 0.815. The van der Waals surface area contributed by atoms with E-state index in [4.69, 9.17) is 37.4 Å². The second-order valence-electron chi connectivity index (χ2n) is 9.51. The molecule has 1 unspecified atom stereocenters. The molecule has 2 aromatic rings. The lowest BCUT2D eigenvalue weighted by Crippen LogP contribution is -2.55. The molecule has 2 aromatic carbocycles. The molecule has 0 radical (unpaired) electrons. The van der Waals surface area contributed by atoms with Crippen LogP contribution >= 0.6 is 23.2 Å². The minimum atomic E-state index is -4.14. The fourth-order valence-electron chi connectivity index (χ4n) is 5.32. The van der Waals surface area contributed by atoms with Gasteiger partial charge in [-0.15, -0.1) is 0 Å². The first-order valence-corrected chi connectivity index (χ1v) is 14.6. The molecule has 2 aliphatic heterocycles. The number of aliphatic hydroxyl groups is 1. The number of piperidine rings is 1. The number of hydrogen-bond acceptors (Lipinski definition) is 7. The Bertz CT molecular complexity index is 1250. The molecule has 12 heteroatoms. The van der Waals surface area contributed by atoms with E-state index in [1.807, 2.05) is 0 Å². The van der Waals surface area contributed by atoms with Gasteiger partial charge in [0.1, 0.15) is 18.4 Å². The van der Waals surface area contributed by atoms with Crippen LogP contribution in [-0.4, -0.2) is 80.7 Å². The number of fused-ring (bicyclic) bond motifs is 2. The Morgan fingerprint density at radius 1 is 1.05 bits per heavy atom. The van der Waals surface area contributed by atoms with Gasteiger partial charge in [-0.25, -0.2) is 8.42 Å². The third-order valence-corrected chi connectivity index (χ3v) is 9.50. The summed E-state index contributed by atoms with van der Waals surface area (Å²) in [7, 11) is -1.07. The SMILES string of the molecule is COc1ccc(OCCN2C[C@H]([C@H](C)O)[C@@H]3CCCC(C2=O)N3S(=O)(=O)c2cc(Cl)cc(Cl)c2)cc1OC. The molecule has 2 heterocycles. The van der Waals surface area contributed by atoms with Crippen molar-refractivity contribution in [3.05, 3.63) is 46.4 Å². The van der Waals surface area contributed by atoms with Gasteiger partial charge in [-0.05, 0) is 56.5 Å². The van der Waals surface area contributed by atoms with Crippen molar-refractivity contribution in [2.45, 2.75) is 49.3 Å². The number of methoxy groups -OCH3 is 2. The minimum absolute atomic E-state index is 0.0747. The van der Waals surface area contributed by atoms with Crippen LogP contribution < -0.4 is 14.2 Å². The first-order valence-electron chi connectivity index (χ1n) is 12.4. The van der Waals surface area contributed by atoms with Crippen molar-refractivity contribution >= 4 is 39.1 Å². The maximum Gasteiger partial charge on any atom is 0.244 e. The molecule has 38 heavy (non-hydrogen) atoms. The number of rotatable bonds is 9. The first kappa shape index (κ1) is 28.8. The van der Waals surface area contributed by atoms with Gasteiger partial charge in [0, 0.05) is 34.6 Å². The Morgan fingerprint density at radius 2 is 1.74 bits per heavy atom. The number of halogens is 2. The molecular formula is C26H32Cl2N2O7S. The van der Waals surface area contributed by atoms with E-state index >= 15 is 0 Å². The maximum absolute atomic E-state index is 13.9. The summed E-state index contributed by atoms with van der Waals surface area (Å²) < 4.78 is 45.5. The highest BCUT2D eigenvalue weighted by atomic mass is 35.5. The van der Waals surface area contributed by atoms with Gasteiger partial charge in [0.2, 0.25) is 15.9 Å². The van der Waals surface area contributed by atoms with Crippen LogP contribution in [0.3, 0.4) is 0 Å². The number of carbonyl (C=O) groups excluding carboxylic acids is 1. The average Bonchev–Trinajstić information content (AvgIpc) is 2.95. The predicted octanol–water partition coefficient (Wildman–Crippen LogP) is 3.84. The summed E-state index contributed by atoms with van der Waals surface area (Å²) in [5.41, 5.74) is 0. The Balaban J connectivity index is 1.60. The molecule has 2 fully saturated rings. The van der Waals surface area contributed by atoms with Crippen molar-refractivity contribution < 1.29 is 32.5 Å². The molecule has 0 spiro atoms. The third kappa shape index (κ3) is 5.84. The monoisotopic (exact) mass is 586 g/mol. The largest absolute Gasteiger partial charge is 0.493 e. The van der Waals surface area contributed by atoms with Gasteiger partial charge >= 0.3 is 0 Å². The van der Waals surface area contributed by atoms with Crippen LogP contribution in [0.4, 0.5) is 0 Å². The van der Waals surface area contributed by atoms with E-state index in [2.05, 4.69) is 0 Å². The van der Waals surface area contributed by atoms with Crippen LogP contribution in [0.15, 0.2) is 41.3 Å². The fraction of sp³-hybridized carbons (Fsp3) is 0.500. The van der Waals surface area contributed by atoms with Gasteiger partial charge < -0.3 is 24.2 Å². The maximum atomic E-state index is 13.9. The zero-order valence-corrected chi connectivity index (χ0v) is 23.8. The number of benzene rings is 2. The van der Waals surface area contributed by atoms with Gasteiger partial charge in [0.15, 0.2) is 11.5 Å². The van der Waals surface area contributed by atoms with E-state index in [1.54, 1.807) is 37.1 Å². The van der Waals surface area contributed by atoms with Gasteiger partial charge in [-0.1, -0.05) is 23.2 Å². The van der Waals surface area contributed by atoms with E-state index in [1.165, 1.54) is 29.6 Å². The highest BCUT2D eigenvalue weighted by Gasteiger charge is 2.51. The number of carbonyl (C=O) groups is 1. The van der Waals surface area contributed by atoms with Crippen LogP contribution in [0.2, 0.25) is 10.0 Å². The Labute approximate surface area is 233 Å². The number of aliphatic hydroxyl groups excluding tert-OH is 1. The second kappa shape index (κ2) is 11.9. The van der Waals surface area contributed by atoms with Crippen molar-refractivity contribution in [2.75, 3.05) is 33.9 Å². The number of amides is 1. The van der Waals surface area contributed by atoms with Crippen molar-refractivity contribution in [3.63, 3.8) is 0 Å². The first-order chi connectivity index (χ1) is 18.1. The average molecular weight is 588 g/mol. The third-order valence-electron chi connectivity index (χ3n) is 7.15. The molecule has 1 amide bonds. The molecule has 208 valence electrons. The molecule has 4 rings (SSSR count). The van der Waals surface area contributed by atoms with Crippen LogP contribution in [0.25, 0.3) is 0 Å². The van der Waals surface area contributed by atoms with Crippen LogP contribution in [0.5, 0.6) is 17.2 Å². The van der Waals surface area contributed by atoms with Gasteiger partial charge in [-0.2, -0.15) is 4.31 Å². The molecule has 4 atom stereocenters. The summed E-state index contributed by atoms with van der Waals surface area (Å²) in [4.78, 5) is 15.3. The smallest absolute Gasteiger partial charge is 0.244 e. The van der Waals surface area contributed by atoms with Crippen molar-refractivity contribution in [2.24, 2.45) is 5.92 Å². The normalized spacial score (nSPS) is 23.1. The number of nitrogens with zero attached hydrogens (tertiary/aromatic N) is 2. The van der Waals surface area contributed by atoms with E-state index in [9.17, 15) is 18.3 Å². The summed E-state index contributed by atoms with van der Waals surface area (Å²) in [6, 6.07) is 7.82. The summed E-state index contributed by atoms with van der Waals surface area (Å²) in [6.45, 7) is 2.22. The lowest BCUT2D eigenvalue weighted by molar-refractivity contribution is -0.135.